The molecule has 1 atom stereocenters. The summed E-state index contributed by atoms with van der Waals surface area (Å²) in [6.07, 6.45) is 2.64. The van der Waals surface area contributed by atoms with E-state index in [1.54, 1.807) is 36.9 Å². The summed E-state index contributed by atoms with van der Waals surface area (Å²) >= 11 is 1.24. The van der Waals surface area contributed by atoms with Crippen molar-refractivity contribution in [3.63, 3.8) is 0 Å². The van der Waals surface area contributed by atoms with Gasteiger partial charge in [-0.3, -0.25) is 14.2 Å². The number of likely N-dealkylation sites (tertiary alicyclic amines) is 1. The zero-order chi connectivity index (χ0) is 20.1. The molecule has 1 aromatic heterocycles. The van der Waals surface area contributed by atoms with Crippen LogP contribution in [0.2, 0.25) is 0 Å². The Morgan fingerprint density at radius 3 is 2.71 bits per heavy atom. The van der Waals surface area contributed by atoms with Crippen LogP contribution in [0.4, 0.5) is 4.39 Å². The van der Waals surface area contributed by atoms with Gasteiger partial charge in [0.1, 0.15) is 12.1 Å². The second-order valence-corrected chi connectivity index (χ2v) is 7.85. The summed E-state index contributed by atoms with van der Waals surface area (Å²) in [5.41, 5.74) is 0.338. The van der Waals surface area contributed by atoms with E-state index in [4.69, 9.17) is 4.74 Å². The van der Waals surface area contributed by atoms with Crippen molar-refractivity contribution in [1.29, 1.82) is 0 Å². The maximum atomic E-state index is 14.1. The topological polar surface area (TPSA) is 77.3 Å². The van der Waals surface area contributed by atoms with E-state index in [2.05, 4.69) is 10.2 Å². The number of para-hydroxylation sites is 1. The highest BCUT2D eigenvalue weighted by molar-refractivity contribution is 8.00. The molecule has 9 heteroatoms. The van der Waals surface area contributed by atoms with Gasteiger partial charge in [0.2, 0.25) is 5.91 Å². The SMILES string of the molecule is CCOC(=O)C1CCN(C(=O)[C@H](C)Sc2nncn2-c2ccccc2F)CC1. The molecule has 0 radical (unpaired) electrons. The lowest BCUT2D eigenvalue weighted by Crippen LogP contribution is -2.43. The summed E-state index contributed by atoms with van der Waals surface area (Å²) in [5, 5.41) is 7.94. The Kier molecular flexibility index (Phi) is 6.66. The van der Waals surface area contributed by atoms with Gasteiger partial charge in [0.15, 0.2) is 5.16 Å². The third-order valence-electron chi connectivity index (χ3n) is 4.68. The van der Waals surface area contributed by atoms with Gasteiger partial charge in [-0.2, -0.15) is 0 Å². The molecule has 0 spiro atoms. The Labute approximate surface area is 167 Å². The van der Waals surface area contributed by atoms with Crippen LogP contribution in [-0.2, 0) is 14.3 Å². The first kappa shape index (κ1) is 20.3. The third-order valence-corrected chi connectivity index (χ3v) is 5.73. The van der Waals surface area contributed by atoms with Gasteiger partial charge in [-0.25, -0.2) is 4.39 Å². The molecule has 0 N–H and O–H groups in total. The Bertz CT molecular complexity index is 836. The van der Waals surface area contributed by atoms with Crippen LogP contribution in [0.3, 0.4) is 0 Å². The quantitative estimate of drug-likeness (QED) is 0.542. The molecular weight excluding hydrogens is 383 g/mol. The second-order valence-electron chi connectivity index (χ2n) is 6.55. The molecule has 7 nitrogen and oxygen atoms in total. The highest BCUT2D eigenvalue weighted by Crippen LogP contribution is 2.27. The second kappa shape index (κ2) is 9.18. The van der Waals surface area contributed by atoms with E-state index >= 15 is 0 Å². The Morgan fingerprint density at radius 2 is 2.04 bits per heavy atom. The molecule has 2 heterocycles. The van der Waals surface area contributed by atoms with Gasteiger partial charge >= 0.3 is 5.97 Å². The summed E-state index contributed by atoms with van der Waals surface area (Å²) in [6.45, 7) is 5.00. The molecule has 150 valence electrons. The number of nitrogens with zero attached hydrogens (tertiary/aromatic N) is 4. The molecule has 2 aromatic rings. The van der Waals surface area contributed by atoms with Crippen LogP contribution in [0.15, 0.2) is 35.7 Å². The van der Waals surface area contributed by atoms with Crippen LogP contribution in [0.5, 0.6) is 0 Å². The summed E-state index contributed by atoms with van der Waals surface area (Å²) in [7, 11) is 0. The highest BCUT2D eigenvalue weighted by atomic mass is 32.2. The average Bonchev–Trinajstić information content (AvgIpc) is 3.16. The number of amides is 1. The third kappa shape index (κ3) is 4.52. The summed E-state index contributed by atoms with van der Waals surface area (Å²) in [6, 6.07) is 6.35. The normalized spacial score (nSPS) is 16.0. The fourth-order valence-corrected chi connectivity index (χ4v) is 4.10. The van der Waals surface area contributed by atoms with Gasteiger partial charge in [0.05, 0.1) is 23.5 Å². The molecular formula is C19H23FN4O3S. The van der Waals surface area contributed by atoms with E-state index in [1.807, 2.05) is 0 Å². The number of benzene rings is 1. The molecule has 1 aromatic carbocycles. The fourth-order valence-electron chi connectivity index (χ4n) is 3.18. The van der Waals surface area contributed by atoms with E-state index in [0.717, 1.165) is 0 Å². The van der Waals surface area contributed by atoms with Crippen molar-refractivity contribution in [2.24, 2.45) is 5.92 Å². The predicted octanol–water partition coefficient (Wildman–Crippen LogP) is 2.69. The Balaban J connectivity index is 1.61. The first-order chi connectivity index (χ1) is 13.5. The van der Waals surface area contributed by atoms with Gasteiger partial charge in [0, 0.05) is 13.1 Å². The van der Waals surface area contributed by atoms with Gasteiger partial charge in [0.25, 0.3) is 0 Å². The van der Waals surface area contributed by atoms with Gasteiger partial charge in [-0.05, 0) is 38.8 Å². The van der Waals surface area contributed by atoms with Gasteiger partial charge in [-0.15, -0.1) is 10.2 Å². The predicted molar refractivity (Wildman–Crippen MR) is 103 cm³/mol. The van der Waals surface area contributed by atoms with E-state index in [0.29, 0.717) is 43.4 Å². The zero-order valence-electron chi connectivity index (χ0n) is 15.9. The van der Waals surface area contributed by atoms with Crippen LogP contribution >= 0.6 is 11.8 Å². The van der Waals surface area contributed by atoms with Crippen molar-refractivity contribution in [2.45, 2.75) is 37.1 Å². The van der Waals surface area contributed by atoms with Crippen LogP contribution < -0.4 is 0 Å². The molecule has 0 unspecified atom stereocenters. The number of carbonyl (C=O) groups is 2. The maximum absolute atomic E-state index is 14.1. The van der Waals surface area contributed by atoms with Crippen molar-refractivity contribution >= 4 is 23.6 Å². The summed E-state index contributed by atoms with van der Waals surface area (Å²) in [4.78, 5) is 26.4. The van der Waals surface area contributed by atoms with Crippen LogP contribution in [0, 0.1) is 11.7 Å². The molecule has 1 aliphatic heterocycles. The van der Waals surface area contributed by atoms with Crippen molar-refractivity contribution in [3.05, 3.63) is 36.4 Å². The maximum Gasteiger partial charge on any atom is 0.309 e. The van der Waals surface area contributed by atoms with E-state index in [-0.39, 0.29) is 23.6 Å². The lowest BCUT2D eigenvalue weighted by molar-refractivity contribution is -0.151. The molecule has 0 aliphatic carbocycles. The number of carbonyl (C=O) groups excluding carboxylic acids is 2. The molecule has 0 saturated carbocycles. The first-order valence-corrected chi connectivity index (χ1v) is 10.2. The van der Waals surface area contributed by atoms with Crippen LogP contribution in [0.1, 0.15) is 26.7 Å². The molecule has 1 amide bonds. The first-order valence-electron chi connectivity index (χ1n) is 9.28. The number of esters is 1. The minimum atomic E-state index is -0.408. The number of aromatic nitrogens is 3. The largest absolute Gasteiger partial charge is 0.466 e. The number of hydrogen-bond acceptors (Lipinski definition) is 6. The van der Waals surface area contributed by atoms with Crippen molar-refractivity contribution in [2.75, 3.05) is 19.7 Å². The van der Waals surface area contributed by atoms with Gasteiger partial charge < -0.3 is 9.64 Å². The number of rotatable bonds is 6. The van der Waals surface area contributed by atoms with Gasteiger partial charge in [-0.1, -0.05) is 23.9 Å². The average molecular weight is 406 g/mol. The smallest absolute Gasteiger partial charge is 0.309 e. The Morgan fingerprint density at radius 1 is 1.32 bits per heavy atom. The minimum Gasteiger partial charge on any atom is -0.466 e. The van der Waals surface area contributed by atoms with Crippen molar-refractivity contribution in [3.8, 4) is 5.69 Å². The molecule has 1 aliphatic rings. The zero-order valence-corrected chi connectivity index (χ0v) is 16.7. The standard InChI is InChI=1S/C19H23FN4O3S/c1-3-27-18(26)14-8-10-23(11-9-14)17(25)13(2)28-19-22-21-12-24(19)16-7-5-4-6-15(16)20/h4-7,12-14H,3,8-11H2,1-2H3/t13-/m0/s1. The molecule has 1 fully saturated rings. The number of piperidine rings is 1. The van der Waals surface area contributed by atoms with E-state index < -0.39 is 5.25 Å². The molecule has 0 bridgehead atoms. The van der Waals surface area contributed by atoms with E-state index in [9.17, 15) is 14.0 Å². The molecule has 3 rings (SSSR count). The number of thioether (sulfide) groups is 1. The van der Waals surface area contributed by atoms with Crippen molar-refractivity contribution in [1.82, 2.24) is 19.7 Å². The lowest BCUT2D eigenvalue weighted by Gasteiger charge is -2.32. The van der Waals surface area contributed by atoms with E-state index in [1.165, 1.54) is 28.7 Å². The fraction of sp³-hybridized carbons (Fsp3) is 0.474. The molecule has 28 heavy (non-hydrogen) atoms. The summed E-state index contributed by atoms with van der Waals surface area (Å²) in [5.74, 6) is -0.745. The number of ether oxygens (including phenoxy) is 1. The number of hydrogen-bond donors (Lipinski definition) is 0. The summed E-state index contributed by atoms with van der Waals surface area (Å²) < 4.78 is 20.7. The highest BCUT2D eigenvalue weighted by Gasteiger charge is 2.31. The van der Waals surface area contributed by atoms with Crippen LogP contribution in [0.25, 0.3) is 5.69 Å². The number of halogens is 1. The monoisotopic (exact) mass is 406 g/mol. The van der Waals surface area contributed by atoms with Crippen LogP contribution in [-0.4, -0.2) is 56.5 Å². The lowest BCUT2D eigenvalue weighted by atomic mass is 9.97. The molecule has 1 saturated heterocycles. The Hall–Kier alpha value is -2.42. The minimum absolute atomic E-state index is 0.0320. The van der Waals surface area contributed by atoms with Crippen molar-refractivity contribution < 1.29 is 18.7 Å².